The number of ether oxygens (including phenoxy) is 1. The van der Waals surface area contributed by atoms with Crippen molar-refractivity contribution in [3.8, 4) is 5.75 Å². The molecule has 0 saturated carbocycles. The van der Waals surface area contributed by atoms with Gasteiger partial charge in [-0.15, -0.1) is 0 Å². The highest BCUT2D eigenvalue weighted by atomic mass is 16.5. The first-order valence-electron chi connectivity index (χ1n) is 7.49. The van der Waals surface area contributed by atoms with Crippen molar-refractivity contribution in [2.75, 3.05) is 31.2 Å². The summed E-state index contributed by atoms with van der Waals surface area (Å²) in [5, 5.41) is 9.87. The van der Waals surface area contributed by atoms with Gasteiger partial charge in [-0.2, -0.15) is 0 Å². The number of anilines is 1. The van der Waals surface area contributed by atoms with Crippen LogP contribution in [0.25, 0.3) is 0 Å². The van der Waals surface area contributed by atoms with Crippen molar-refractivity contribution in [3.63, 3.8) is 0 Å². The zero-order valence-corrected chi connectivity index (χ0v) is 12.7. The first kappa shape index (κ1) is 14.6. The minimum absolute atomic E-state index is 0.258. The maximum absolute atomic E-state index is 9.87. The number of hydrogen-bond acceptors (Lipinski definition) is 4. The molecule has 4 heteroatoms. The fraction of sp³-hybridized carbons (Fsp3) is 0.278. The van der Waals surface area contributed by atoms with Crippen LogP contribution in [0.15, 0.2) is 47.5 Å². The molecule has 0 amide bonds. The molecule has 0 aliphatic carbocycles. The summed E-state index contributed by atoms with van der Waals surface area (Å²) in [6, 6.07) is 13.7. The van der Waals surface area contributed by atoms with Gasteiger partial charge in [-0.25, -0.2) is 0 Å². The van der Waals surface area contributed by atoms with Crippen LogP contribution in [0.3, 0.4) is 0 Å². The summed E-state index contributed by atoms with van der Waals surface area (Å²) in [6.45, 7) is 5.38. The summed E-state index contributed by atoms with van der Waals surface area (Å²) in [4.78, 5) is 6.73. The summed E-state index contributed by atoms with van der Waals surface area (Å²) in [7, 11) is 0. The number of nitrogens with zero attached hydrogens (tertiary/aromatic N) is 2. The molecule has 0 atom stereocenters. The van der Waals surface area contributed by atoms with Gasteiger partial charge in [0.15, 0.2) is 0 Å². The Kier molecular flexibility index (Phi) is 4.39. The molecule has 0 unspecified atom stereocenters. The van der Waals surface area contributed by atoms with Crippen molar-refractivity contribution < 1.29 is 9.84 Å². The molecule has 1 N–H and O–H groups in total. The van der Waals surface area contributed by atoms with Crippen LogP contribution in [-0.4, -0.2) is 37.6 Å². The maximum atomic E-state index is 9.87. The third-order valence-electron chi connectivity index (χ3n) is 3.76. The van der Waals surface area contributed by atoms with Gasteiger partial charge in [0.05, 0.1) is 18.9 Å². The number of rotatable bonds is 3. The van der Waals surface area contributed by atoms with Crippen molar-refractivity contribution in [1.82, 2.24) is 0 Å². The Morgan fingerprint density at radius 3 is 2.50 bits per heavy atom. The molecule has 0 radical (unpaired) electrons. The Hall–Kier alpha value is -2.33. The van der Waals surface area contributed by atoms with E-state index in [0.29, 0.717) is 0 Å². The van der Waals surface area contributed by atoms with E-state index in [1.54, 1.807) is 12.3 Å². The van der Waals surface area contributed by atoms with Crippen LogP contribution in [-0.2, 0) is 4.74 Å². The quantitative estimate of drug-likeness (QED) is 0.884. The van der Waals surface area contributed by atoms with Crippen molar-refractivity contribution in [1.29, 1.82) is 0 Å². The van der Waals surface area contributed by atoms with E-state index in [4.69, 9.17) is 4.74 Å². The third kappa shape index (κ3) is 3.46. The molecule has 1 fully saturated rings. The first-order chi connectivity index (χ1) is 10.7. The molecule has 2 aromatic carbocycles. The lowest BCUT2D eigenvalue weighted by Crippen LogP contribution is -2.36. The molecule has 1 aliphatic heterocycles. The van der Waals surface area contributed by atoms with Crippen molar-refractivity contribution in [2.24, 2.45) is 4.99 Å². The Labute approximate surface area is 130 Å². The van der Waals surface area contributed by atoms with Crippen molar-refractivity contribution >= 4 is 17.6 Å². The molecule has 0 spiro atoms. The highest BCUT2D eigenvalue weighted by Crippen LogP contribution is 2.22. The molecule has 114 valence electrons. The summed E-state index contributed by atoms with van der Waals surface area (Å²) in [6.07, 6.45) is 1.69. The van der Waals surface area contributed by atoms with E-state index in [-0.39, 0.29) is 5.75 Å². The molecule has 2 aromatic rings. The van der Waals surface area contributed by atoms with Crippen LogP contribution in [0.2, 0.25) is 0 Å². The summed E-state index contributed by atoms with van der Waals surface area (Å²) in [5.41, 5.74) is 3.82. The van der Waals surface area contributed by atoms with Crippen LogP contribution in [0.4, 0.5) is 11.4 Å². The van der Waals surface area contributed by atoms with Crippen molar-refractivity contribution in [3.05, 3.63) is 53.6 Å². The summed E-state index contributed by atoms with van der Waals surface area (Å²) in [5.74, 6) is 0.258. The lowest BCUT2D eigenvalue weighted by Gasteiger charge is -2.28. The SMILES string of the molecule is Cc1ccc(C=Nc2ccc(N3CCOCC3)cc2)c(O)c1. The topological polar surface area (TPSA) is 45.1 Å². The van der Waals surface area contributed by atoms with Gasteiger partial charge in [0.25, 0.3) is 0 Å². The zero-order chi connectivity index (χ0) is 15.4. The van der Waals surface area contributed by atoms with Crippen LogP contribution in [0, 0.1) is 6.92 Å². The molecule has 22 heavy (non-hydrogen) atoms. The largest absolute Gasteiger partial charge is 0.507 e. The van der Waals surface area contributed by atoms with Gasteiger partial charge in [0, 0.05) is 30.6 Å². The monoisotopic (exact) mass is 296 g/mol. The lowest BCUT2D eigenvalue weighted by molar-refractivity contribution is 0.122. The third-order valence-corrected chi connectivity index (χ3v) is 3.76. The predicted octanol–water partition coefficient (Wildman–Crippen LogP) is 3.29. The van der Waals surface area contributed by atoms with Crippen LogP contribution in [0.5, 0.6) is 5.75 Å². The van der Waals surface area contributed by atoms with E-state index in [0.717, 1.165) is 43.1 Å². The molecule has 0 bridgehead atoms. The van der Waals surface area contributed by atoms with E-state index in [9.17, 15) is 5.11 Å². The molecular formula is C18H20N2O2. The summed E-state index contributed by atoms with van der Waals surface area (Å²) < 4.78 is 5.36. The first-order valence-corrected chi connectivity index (χ1v) is 7.49. The fourth-order valence-electron chi connectivity index (χ4n) is 2.48. The van der Waals surface area contributed by atoms with Gasteiger partial charge in [-0.05, 0) is 48.9 Å². The van der Waals surface area contributed by atoms with Gasteiger partial charge in [-0.1, -0.05) is 6.07 Å². The van der Waals surface area contributed by atoms with E-state index in [1.165, 1.54) is 5.69 Å². The lowest BCUT2D eigenvalue weighted by atomic mass is 10.1. The molecule has 3 rings (SSSR count). The number of aryl methyl sites for hydroxylation is 1. The smallest absolute Gasteiger partial charge is 0.124 e. The van der Waals surface area contributed by atoms with E-state index >= 15 is 0 Å². The number of phenols is 1. The van der Waals surface area contributed by atoms with Crippen molar-refractivity contribution in [2.45, 2.75) is 6.92 Å². The highest BCUT2D eigenvalue weighted by Gasteiger charge is 2.10. The molecular weight excluding hydrogens is 276 g/mol. The Bertz CT molecular complexity index is 659. The average Bonchev–Trinajstić information content (AvgIpc) is 2.55. The molecule has 1 saturated heterocycles. The second-order valence-electron chi connectivity index (χ2n) is 5.44. The number of aliphatic imine (C=N–C) groups is 1. The average molecular weight is 296 g/mol. The normalized spacial score (nSPS) is 15.4. The van der Waals surface area contributed by atoms with Gasteiger partial charge < -0.3 is 14.7 Å². The molecule has 1 heterocycles. The van der Waals surface area contributed by atoms with Crippen LogP contribution >= 0.6 is 0 Å². The minimum Gasteiger partial charge on any atom is -0.507 e. The second kappa shape index (κ2) is 6.62. The van der Waals surface area contributed by atoms with Gasteiger partial charge >= 0.3 is 0 Å². The second-order valence-corrected chi connectivity index (χ2v) is 5.44. The standard InChI is InChI=1S/C18H20N2O2/c1-14-2-3-15(18(21)12-14)13-19-16-4-6-17(7-5-16)20-8-10-22-11-9-20/h2-7,12-13,21H,8-11H2,1H3. The fourth-order valence-corrected chi connectivity index (χ4v) is 2.48. The molecule has 0 aromatic heterocycles. The minimum atomic E-state index is 0.258. The Balaban J connectivity index is 1.71. The Morgan fingerprint density at radius 2 is 1.82 bits per heavy atom. The van der Waals surface area contributed by atoms with Gasteiger partial charge in [-0.3, -0.25) is 4.99 Å². The molecule has 4 nitrogen and oxygen atoms in total. The predicted molar refractivity (Wildman–Crippen MR) is 89.6 cm³/mol. The van der Waals surface area contributed by atoms with E-state index in [2.05, 4.69) is 22.0 Å². The van der Waals surface area contributed by atoms with Gasteiger partial charge in [0.2, 0.25) is 0 Å². The molecule has 1 aliphatic rings. The van der Waals surface area contributed by atoms with E-state index in [1.807, 2.05) is 31.2 Å². The van der Waals surface area contributed by atoms with Crippen LogP contribution in [0.1, 0.15) is 11.1 Å². The van der Waals surface area contributed by atoms with E-state index < -0.39 is 0 Å². The maximum Gasteiger partial charge on any atom is 0.124 e. The number of hydrogen-bond donors (Lipinski definition) is 1. The summed E-state index contributed by atoms with van der Waals surface area (Å²) >= 11 is 0. The van der Waals surface area contributed by atoms with Crippen LogP contribution < -0.4 is 4.90 Å². The number of aromatic hydroxyl groups is 1. The number of benzene rings is 2. The highest BCUT2D eigenvalue weighted by molar-refractivity contribution is 5.85. The zero-order valence-electron chi connectivity index (χ0n) is 12.7. The number of phenolic OH excluding ortho intramolecular Hbond substituents is 1. The Morgan fingerprint density at radius 1 is 1.09 bits per heavy atom. The number of morpholine rings is 1. The van der Waals surface area contributed by atoms with Gasteiger partial charge in [0.1, 0.15) is 5.75 Å².